The number of hydrogen-bond donors (Lipinski definition) is 1. The molecule has 0 aliphatic rings. The third kappa shape index (κ3) is 5.21. The highest BCUT2D eigenvalue weighted by Gasteiger charge is 2.21. The number of hydrogen-bond acceptors (Lipinski definition) is 3. The van der Waals surface area contributed by atoms with E-state index >= 15 is 0 Å². The fourth-order valence-corrected chi connectivity index (χ4v) is 0.534. The Morgan fingerprint density at radius 1 is 1.64 bits per heavy atom. The molecule has 0 aliphatic heterocycles. The molecule has 0 aromatic heterocycles. The third-order valence-electron chi connectivity index (χ3n) is 0.823. The molecule has 3 nitrogen and oxygen atoms in total. The molecule has 0 unspecified atom stereocenters. The van der Waals surface area contributed by atoms with Crippen LogP contribution in [0.1, 0.15) is 20.8 Å². The number of halogens is 1. The summed E-state index contributed by atoms with van der Waals surface area (Å²) in [5.74, 6) is -0.431. The van der Waals surface area contributed by atoms with Gasteiger partial charge >= 0.3 is 5.97 Å². The molecule has 1 atom stereocenters. The quantitative estimate of drug-likeness (QED) is 0.565. The van der Waals surface area contributed by atoms with E-state index in [1.54, 1.807) is 20.8 Å². The van der Waals surface area contributed by atoms with Crippen LogP contribution in [0.2, 0.25) is 0 Å². The van der Waals surface area contributed by atoms with E-state index in [2.05, 4.69) is 15.9 Å². The minimum absolute atomic E-state index is 0.241. The van der Waals surface area contributed by atoms with Gasteiger partial charge in [0.05, 0.1) is 6.61 Å². The lowest BCUT2D eigenvalue weighted by Crippen LogP contribution is -2.30. The average Bonchev–Trinajstić information content (AvgIpc) is 1.82. The lowest BCUT2D eigenvalue weighted by Gasteiger charge is -2.20. The van der Waals surface area contributed by atoms with Crippen molar-refractivity contribution in [1.82, 2.24) is 0 Å². The second-order valence-electron chi connectivity index (χ2n) is 3.18. The van der Waals surface area contributed by atoms with Crippen LogP contribution in [-0.2, 0) is 9.53 Å². The van der Waals surface area contributed by atoms with Gasteiger partial charge in [0.1, 0.15) is 10.4 Å². The minimum atomic E-state index is -0.610. The number of aliphatic hydroxyl groups excluding tert-OH is 1. The third-order valence-corrected chi connectivity index (χ3v) is 1.49. The van der Waals surface area contributed by atoms with E-state index in [0.717, 1.165) is 0 Å². The van der Waals surface area contributed by atoms with Crippen LogP contribution >= 0.6 is 15.9 Å². The Hall–Kier alpha value is -0.0900. The molecule has 0 rings (SSSR count). The van der Waals surface area contributed by atoms with Crippen molar-refractivity contribution in [3.63, 3.8) is 0 Å². The zero-order valence-electron chi connectivity index (χ0n) is 6.93. The fraction of sp³-hybridized carbons (Fsp3) is 0.857. The van der Waals surface area contributed by atoms with Crippen LogP contribution < -0.4 is 0 Å². The van der Waals surface area contributed by atoms with Gasteiger partial charge in [0.2, 0.25) is 0 Å². The van der Waals surface area contributed by atoms with Crippen molar-refractivity contribution in [3.8, 4) is 0 Å². The van der Waals surface area contributed by atoms with Gasteiger partial charge in [-0.25, -0.2) is 0 Å². The van der Waals surface area contributed by atoms with E-state index in [-0.39, 0.29) is 6.61 Å². The minimum Gasteiger partial charge on any atom is -0.459 e. The highest BCUT2D eigenvalue weighted by molar-refractivity contribution is 9.10. The monoisotopic (exact) mass is 224 g/mol. The lowest BCUT2D eigenvalue weighted by atomic mass is 10.2. The number of alkyl halides is 1. The highest BCUT2D eigenvalue weighted by Crippen LogP contribution is 2.11. The number of esters is 1. The summed E-state index contributed by atoms with van der Waals surface area (Å²) < 4.78 is 4.94. The van der Waals surface area contributed by atoms with Gasteiger partial charge in [-0.1, -0.05) is 15.9 Å². The average molecular weight is 225 g/mol. The summed E-state index contributed by atoms with van der Waals surface area (Å²) in [4.78, 5) is 10.4. The Morgan fingerprint density at radius 3 is 2.36 bits per heavy atom. The molecule has 0 saturated heterocycles. The van der Waals surface area contributed by atoms with Gasteiger partial charge in [0.15, 0.2) is 0 Å². The van der Waals surface area contributed by atoms with Gasteiger partial charge in [-0.15, -0.1) is 0 Å². The van der Waals surface area contributed by atoms with Crippen LogP contribution in [0, 0.1) is 0 Å². The van der Waals surface area contributed by atoms with Crippen molar-refractivity contribution in [2.75, 3.05) is 6.61 Å². The fourth-order valence-electron chi connectivity index (χ4n) is 0.440. The predicted molar refractivity (Wildman–Crippen MR) is 45.6 cm³/mol. The van der Waals surface area contributed by atoms with E-state index in [1.165, 1.54) is 0 Å². The summed E-state index contributed by atoms with van der Waals surface area (Å²) in [6.07, 6.45) is 0. The van der Waals surface area contributed by atoms with E-state index in [0.29, 0.717) is 0 Å². The van der Waals surface area contributed by atoms with Crippen LogP contribution in [-0.4, -0.2) is 28.1 Å². The van der Waals surface area contributed by atoms with Crippen LogP contribution in [0.3, 0.4) is 0 Å². The number of carbonyl (C=O) groups is 1. The normalized spacial score (nSPS) is 14.3. The maximum absolute atomic E-state index is 11.0. The molecule has 0 bridgehead atoms. The van der Waals surface area contributed by atoms with Crippen LogP contribution in [0.25, 0.3) is 0 Å². The zero-order valence-corrected chi connectivity index (χ0v) is 8.51. The Balaban J connectivity index is 3.88. The van der Waals surface area contributed by atoms with Crippen LogP contribution in [0.15, 0.2) is 0 Å². The molecule has 0 heterocycles. The van der Waals surface area contributed by atoms with Crippen molar-refractivity contribution in [2.45, 2.75) is 31.2 Å². The summed E-state index contributed by atoms with van der Waals surface area (Å²) in [7, 11) is 0. The highest BCUT2D eigenvalue weighted by atomic mass is 79.9. The molecule has 0 aromatic carbocycles. The maximum atomic E-state index is 11.0. The summed E-state index contributed by atoms with van der Waals surface area (Å²) >= 11 is 2.97. The van der Waals surface area contributed by atoms with Crippen molar-refractivity contribution in [1.29, 1.82) is 0 Å². The molecular formula is C7H13BrO3. The molecule has 66 valence electrons. The first kappa shape index (κ1) is 10.9. The molecule has 0 aliphatic carbocycles. The van der Waals surface area contributed by atoms with Crippen LogP contribution in [0.5, 0.6) is 0 Å². The molecule has 0 saturated carbocycles. The first-order valence-corrected chi connectivity index (χ1v) is 4.26. The molecule has 11 heavy (non-hydrogen) atoms. The number of aliphatic hydroxyl groups is 1. The molecule has 0 aromatic rings. The van der Waals surface area contributed by atoms with Crippen molar-refractivity contribution < 1.29 is 14.6 Å². The first-order chi connectivity index (χ1) is 4.87. The van der Waals surface area contributed by atoms with Gasteiger partial charge in [-0.3, -0.25) is 4.79 Å². The standard InChI is InChI=1S/C7H13BrO3/c1-7(2,3)11-6(10)5(8)4-9/h5,9H,4H2,1-3H3/t5-/m1/s1. The largest absolute Gasteiger partial charge is 0.459 e. The summed E-state index contributed by atoms with van der Waals surface area (Å²) in [5, 5.41) is 8.55. The Kier molecular flexibility index (Phi) is 4.03. The smallest absolute Gasteiger partial charge is 0.322 e. The number of carbonyl (C=O) groups excluding carboxylic acids is 1. The maximum Gasteiger partial charge on any atom is 0.322 e. The predicted octanol–water partition coefficient (Wildman–Crippen LogP) is 1.08. The van der Waals surface area contributed by atoms with Gasteiger partial charge in [0, 0.05) is 0 Å². The van der Waals surface area contributed by atoms with Gasteiger partial charge in [-0.05, 0) is 20.8 Å². The Morgan fingerprint density at radius 2 is 2.09 bits per heavy atom. The van der Waals surface area contributed by atoms with E-state index in [9.17, 15) is 4.79 Å². The van der Waals surface area contributed by atoms with Crippen LogP contribution in [0.4, 0.5) is 0 Å². The van der Waals surface area contributed by atoms with Gasteiger partial charge < -0.3 is 9.84 Å². The number of rotatable bonds is 2. The Bertz CT molecular complexity index is 139. The summed E-state index contributed by atoms with van der Waals surface area (Å²) in [6.45, 7) is 5.10. The molecule has 4 heteroatoms. The molecule has 0 spiro atoms. The first-order valence-electron chi connectivity index (χ1n) is 3.34. The Labute approximate surface area is 74.9 Å². The van der Waals surface area contributed by atoms with E-state index < -0.39 is 16.4 Å². The van der Waals surface area contributed by atoms with Crippen molar-refractivity contribution in [3.05, 3.63) is 0 Å². The molecular weight excluding hydrogens is 212 g/mol. The van der Waals surface area contributed by atoms with Crippen molar-refractivity contribution >= 4 is 21.9 Å². The SMILES string of the molecule is CC(C)(C)OC(=O)[C@H](Br)CO. The van der Waals surface area contributed by atoms with Crippen molar-refractivity contribution in [2.24, 2.45) is 0 Å². The second-order valence-corrected chi connectivity index (χ2v) is 4.29. The summed E-state index contributed by atoms with van der Waals surface area (Å²) in [5.41, 5.74) is -0.488. The summed E-state index contributed by atoms with van der Waals surface area (Å²) in [6, 6.07) is 0. The van der Waals surface area contributed by atoms with E-state index in [4.69, 9.17) is 9.84 Å². The van der Waals surface area contributed by atoms with Gasteiger partial charge in [-0.2, -0.15) is 0 Å². The topological polar surface area (TPSA) is 46.5 Å². The zero-order chi connectivity index (χ0) is 9.07. The molecule has 0 radical (unpaired) electrons. The molecule has 0 amide bonds. The molecule has 1 N–H and O–H groups in total. The lowest BCUT2D eigenvalue weighted by molar-refractivity contribution is -0.154. The molecule has 0 fully saturated rings. The number of ether oxygens (including phenoxy) is 1. The van der Waals surface area contributed by atoms with Gasteiger partial charge in [0.25, 0.3) is 0 Å². The van der Waals surface area contributed by atoms with E-state index in [1.807, 2.05) is 0 Å². The second kappa shape index (κ2) is 4.07.